The van der Waals surface area contributed by atoms with Crippen LogP contribution in [-0.4, -0.2) is 17.3 Å². The van der Waals surface area contributed by atoms with Crippen LogP contribution in [0.2, 0.25) is 0 Å². The van der Waals surface area contributed by atoms with Crippen LogP contribution in [0.3, 0.4) is 0 Å². The van der Waals surface area contributed by atoms with Crippen molar-refractivity contribution in [3.8, 4) is 5.75 Å². The maximum Gasteiger partial charge on any atom is 0.270 e. The number of nitrogens with zero attached hydrogens (tertiary/aromatic N) is 1. The van der Waals surface area contributed by atoms with Gasteiger partial charge in [0.25, 0.3) is 5.91 Å². The second-order valence-electron chi connectivity index (χ2n) is 5.82. The van der Waals surface area contributed by atoms with Crippen LogP contribution in [-0.2, 0) is 4.79 Å². The number of carbonyl (C=O) groups excluding carboxylic acids is 1. The van der Waals surface area contributed by atoms with E-state index in [1.165, 1.54) is 17.1 Å². The van der Waals surface area contributed by atoms with E-state index in [1.807, 2.05) is 48.5 Å². The van der Waals surface area contributed by atoms with Gasteiger partial charge >= 0.3 is 0 Å². The molecule has 1 saturated heterocycles. The molecule has 3 aromatic carbocycles. The zero-order chi connectivity index (χ0) is 18.1. The number of benzene rings is 3. The highest BCUT2D eigenvalue weighted by Crippen LogP contribution is 2.36. The van der Waals surface area contributed by atoms with Gasteiger partial charge in [0.2, 0.25) is 0 Å². The van der Waals surface area contributed by atoms with Crippen LogP contribution >= 0.6 is 24.0 Å². The van der Waals surface area contributed by atoms with Crippen LogP contribution in [0, 0.1) is 0 Å². The Balaban J connectivity index is 1.65. The first-order valence-corrected chi connectivity index (χ1v) is 9.29. The van der Waals surface area contributed by atoms with E-state index in [4.69, 9.17) is 17.0 Å². The number of anilines is 1. The van der Waals surface area contributed by atoms with Gasteiger partial charge in [0.05, 0.1) is 17.7 Å². The average molecular weight is 377 g/mol. The number of amides is 1. The summed E-state index contributed by atoms with van der Waals surface area (Å²) in [6.45, 7) is 0. The van der Waals surface area contributed by atoms with Crippen molar-refractivity contribution in [1.82, 2.24) is 0 Å². The SMILES string of the molecule is COc1ccc(N2C(=O)/C(=C\c3ccc4ccccc4c3)SC2=S)cc1. The van der Waals surface area contributed by atoms with Crippen molar-refractivity contribution in [2.75, 3.05) is 12.0 Å². The number of thiocarbonyl (C=S) groups is 1. The maximum atomic E-state index is 12.9. The molecule has 128 valence electrons. The van der Waals surface area contributed by atoms with Gasteiger partial charge in [-0.15, -0.1) is 0 Å². The van der Waals surface area contributed by atoms with Gasteiger partial charge in [-0.1, -0.05) is 60.4 Å². The number of hydrogen-bond donors (Lipinski definition) is 0. The molecular formula is C21H15NO2S2. The maximum absolute atomic E-state index is 12.9. The van der Waals surface area contributed by atoms with Crippen molar-refractivity contribution in [2.45, 2.75) is 0 Å². The summed E-state index contributed by atoms with van der Waals surface area (Å²) in [7, 11) is 1.61. The first-order chi connectivity index (χ1) is 12.7. The third-order valence-electron chi connectivity index (χ3n) is 4.20. The molecule has 1 amide bonds. The Hall–Kier alpha value is -2.63. The lowest BCUT2D eigenvalue weighted by atomic mass is 10.1. The fourth-order valence-corrected chi connectivity index (χ4v) is 4.17. The molecule has 0 atom stereocenters. The van der Waals surface area contributed by atoms with E-state index in [0.29, 0.717) is 9.23 Å². The molecule has 0 bridgehead atoms. The normalized spacial score (nSPS) is 15.9. The van der Waals surface area contributed by atoms with Crippen LogP contribution in [0.4, 0.5) is 5.69 Å². The standard InChI is InChI=1S/C21H15NO2S2/c1-24-18-10-8-17(9-11-18)22-20(23)19(26-21(22)25)13-14-6-7-15-4-2-3-5-16(15)12-14/h2-13H,1H3/b19-13+. The Labute approximate surface area is 161 Å². The summed E-state index contributed by atoms with van der Waals surface area (Å²) in [5.74, 6) is 0.643. The number of thioether (sulfide) groups is 1. The molecule has 0 unspecified atom stereocenters. The van der Waals surface area contributed by atoms with Crippen molar-refractivity contribution < 1.29 is 9.53 Å². The van der Waals surface area contributed by atoms with E-state index in [1.54, 1.807) is 12.0 Å². The molecule has 0 aliphatic carbocycles. The van der Waals surface area contributed by atoms with Gasteiger partial charge in [-0.05, 0) is 52.7 Å². The molecule has 3 nitrogen and oxygen atoms in total. The average Bonchev–Trinajstić information content (AvgIpc) is 2.95. The summed E-state index contributed by atoms with van der Waals surface area (Å²) in [6.07, 6.45) is 1.90. The first-order valence-electron chi connectivity index (χ1n) is 8.06. The monoisotopic (exact) mass is 377 g/mol. The number of rotatable bonds is 3. The Kier molecular flexibility index (Phi) is 4.49. The molecule has 1 aliphatic rings. The zero-order valence-electron chi connectivity index (χ0n) is 14.0. The van der Waals surface area contributed by atoms with Crippen LogP contribution < -0.4 is 9.64 Å². The molecule has 0 spiro atoms. The molecule has 1 aliphatic heterocycles. The number of ether oxygens (including phenoxy) is 1. The molecule has 0 radical (unpaired) electrons. The number of fused-ring (bicyclic) bond motifs is 1. The van der Waals surface area contributed by atoms with Gasteiger partial charge in [0, 0.05) is 0 Å². The first kappa shape index (κ1) is 16.8. The van der Waals surface area contributed by atoms with Crippen molar-refractivity contribution >= 4 is 56.7 Å². The molecule has 0 N–H and O–H groups in total. The van der Waals surface area contributed by atoms with E-state index in [0.717, 1.165) is 22.4 Å². The molecule has 26 heavy (non-hydrogen) atoms. The predicted molar refractivity (Wildman–Crippen MR) is 113 cm³/mol. The summed E-state index contributed by atoms with van der Waals surface area (Å²) in [5.41, 5.74) is 1.73. The largest absolute Gasteiger partial charge is 0.497 e. The second kappa shape index (κ2) is 6.94. The van der Waals surface area contributed by atoms with Crippen LogP contribution in [0.5, 0.6) is 5.75 Å². The molecular weight excluding hydrogens is 362 g/mol. The van der Waals surface area contributed by atoms with Crippen LogP contribution in [0.15, 0.2) is 71.6 Å². The van der Waals surface area contributed by atoms with E-state index in [2.05, 4.69) is 24.3 Å². The van der Waals surface area contributed by atoms with Crippen molar-refractivity contribution in [1.29, 1.82) is 0 Å². The minimum atomic E-state index is -0.0988. The summed E-state index contributed by atoms with van der Waals surface area (Å²) in [6, 6.07) is 21.6. The highest BCUT2D eigenvalue weighted by Gasteiger charge is 2.33. The summed E-state index contributed by atoms with van der Waals surface area (Å²) < 4.78 is 5.70. The van der Waals surface area contributed by atoms with E-state index in [-0.39, 0.29) is 5.91 Å². The Bertz CT molecular complexity index is 1040. The van der Waals surface area contributed by atoms with Gasteiger partial charge in [0.1, 0.15) is 5.75 Å². The lowest BCUT2D eigenvalue weighted by Gasteiger charge is -2.14. The highest BCUT2D eigenvalue weighted by atomic mass is 32.2. The molecule has 1 heterocycles. The molecule has 4 rings (SSSR count). The smallest absolute Gasteiger partial charge is 0.270 e. The molecule has 0 aromatic heterocycles. The van der Waals surface area contributed by atoms with E-state index >= 15 is 0 Å². The van der Waals surface area contributed by atoms with E-state index < -0.39 is 0 Å². The zero-order valence-corrected chi connectivity index (χ0v) is 15.6. The van der Waals surface area contributed by atoms with Crippen molar-refractivity contribution in [3.63, 3.8) is 0 Å². The van der Waals surface area contributed by atoms with Gasteiger partial charge in [0.15, 0.2) is 4.32 Å². The van der Waals surface area contributed by atoms with Crippen LogP contribution in [0.1, 0.15) is 5.56 Å². The summed E-state index contributed by atoms with van der Waals surface area (Å²) in [5, 5.41) is 2.32. The minimum Gasteiger partial charge on any atom is -0.497 e. The summed E-state index contributed by atoms with van der Waals surface area (Å²) >= 11 is 6.75. The minimum absolute atomic E-state index is 0.0988. The topological polar surface area (TPSA) is 29.5 Å². The third-order valence-corrected chi connectivity index (χ3v) is 5.50. The number of methoxy groups -OCH3 is 1. The molecule has 5 heteroatoms. The van der Waals surface area contributed by atoms with Crippen molar-refractivity contribution in [3.05, 3.63) is 77.2 Å². The lowest BCUT2D eigenvalue weighted by Crippen LogP contribution is -2.27. The molecule has 3 aromatic rings. The second-order valence-corrected chi connectivity index (χ2v) is 7.50. The Morgan fingerprint density at radius 1 is 1.00 bits per heavy atom. The Morgan fingerprint density at radius 3 is 2.46 bits per heavy atom. The highest BCUT2D eigenvalue weighted by molar-refractivity contribution is 8.27. The van der Waals surface area contributed by atoms with Gasteiger partial charge in [-0.3, -0.25) is 9.69 Å². The Morgan fingerprint density at radius 2 is 1.73 bits per heavy atom. The number of hydrogen-bond acceptors (Lipinski definition) is 4. The van der Waals surface area contributed by atoms with Gasteiger partial charge in [-0.25, -0.2) is 0 Å². The van der Waals surface area contributed by atoms with Crippen LogP contribution in [0.25, 0.3) is 16.8 Å². The molecule has 1 fully saturated rings. The third kappa shape index (κ3) is 3.11. The molecule has 0 saturated carbocycles. The summed E-state index contributed by atoms with van der Waals surface area (Å²) in [4.78, 5) is 15.0. The predicted octanol–water partition coefficient (Wildman–Crippen LogP) is 5.25. The van der Waals surface area contributed by atoms with Gasteiger partial charge < -0.3 is 4.74 Å². The fourth-order valence-electron chi connectivity index (χ4n) is 2.87. The van der Waals surface area contributed by atoms with Crippen molar-refractivity contribution in [2.24, 2.45) is 0 Å². The lowest BCUT2D eigenvalue weighted by molar-refractivity contribution is -0.113. The fraction of sp³-hybridized carbons (Fsp3) is 0.0476. The number of carbonyl (C=O) groups is 1. The van der Waals surface area contributed by atoms with Gasteiger partial charge in [-0.2, -0.15) is 0 Å². The van der Waals surface area contributed by atoms with E-state index in [9.17, 15) is 4.79 Å². The quantitative estimate of drug-likeness (QED) is 0.460.